The molecule has 0 N–H and O–H groups in total. The van der Waals surface area contributed by atoms with Gasteiger partial charge in [0.05, 0.1) is 0 Å². The van der Waals surface area contributed by atoms with Crippen LogP contribution in [-0.4, -0.2) is 0 Å². The summed E-state index contributed by atoms with van der Waals surface area (Å²) in [7, 11) is 0. The zero-order valence-electron chi connectivity index (χ0n) is 6.61. The Morgan fingerprint density at radius 3 is 0.400 bits per heavy atom. The first-order valence-electron chi connectivity index (χ1n) is 1.22. The van der Waals surface area contributed by atoms with Gasteiger partial charge in [-0.25, -0.2) is 0 Å². The van der Waals surface area contributed by atoms with Gasteiger partial charge < -0.3 is 12.4 Å². The Hall–Kier alpha value is -0.461. The van der Waals surface area contributed by atoms with E-state index in [4.69, 9.17) is 27.9 Å². The average Bonchev–Trinajstić information content (AvgIpc) is 2.33. The van der Waals surface area contributed by atoms with Crippen LogP contribution in [0.15, 0.2) is 0 Å². The van der Waals surface area contributed by atoms with Crippen molar-refractivity contribution < 1.29 is 57.4 Å². The predicted molar refractivity (Wildman–Crippen MR) is 30.8 cm³/mol. The Morgan fingerprint density at radius 2 is 0.400 bits per heavy atom. The largest absolute Gasteiger partial charge is 1.00 e. The summed E-state index contributed by atoms with van der Waals surface area (Å²) in [6.07, 6.45) is 0. The van der Waals surface area contributed by atoms with Gasteiger partial charge in [0, 0.05) is 17.1 Å². The predicted octanol–water partition coefficient (Wildman–Crippen LogP) is -2.80. The molecule has 0 atom stereocenters. The van der Waals surface area contributed by atoms with Crippen LogP contribution < -0.4 is 12.4 Å². The third-order valence-corrected chi connectivity index (χ3v) is 0. The first kappa shape index (κ1) is 86.9. The molecule has 0 rings (SSSR count). The van der Waals surface area contributed by atoms with E-state index in [2.05, 4.69) is 39.9 Å². The van der Waals surface area contributed by atoms with E-state index in [1.54, 1.807) is 0 Å². The van der Waals surface area contributed by atoms with Crippen LogP contribution in [0.5, 0.6) is 0 Å². The minimum absolute atomic E-state index is 0. The minimum Gasteiger partial charge on any atom is -1.00 e. The summed E-state index contributed by atoms with van der Waals surface area (Å²) in [5.74, 6) is 0. The van der Waals surface area contributed by atoms with Crippen molar-refractivity contribution in [3.05, 3.63) is 39.9 Å². The zero-order valence-corrected chi connectivity index (χ0v) is 9.37. The van der Waals surface area contributed by atoms with E-state index in [1.807, 2.05) is 0 Å². The Kier molecular flexibility index (Phi) is 58100. The van der Waals surface area contributed by atoms with Crippen molar-refractivity contribution in [1.82, 2.24) is 0 Å². The molecule has 0 heterocycles. The van der Waals surface area contributed by atoms with Crippen molar-refractivity contribution in [3.63, 3.8) is 0 Å². The third-order valence-electron chi connectivity index (χ3n) is 0. The van der Waals surface area contributed by atoms with Crippen LogP contribution in [0.4, 0.5) is 0 Å². The topological polar surface area (TPSA) is 119 Å². The molecule has 0 amide bonds. The van der Waals surface area contributed by atoms with Gasteiger partial charge in [0.1, 0.15) is 0 Å². The summed E-state index contributed by atoms with van der Waals surface area (Å²) < 4.78 is 45.0. The van der Waals surface area contributed by atoms with Crippen LogP contribution in [0.3, 0.4) is 0 Å². The molecule has 0 aromatic rings. The Balaban J connectivity index is -0.00000000396. The van der Waals surface area contributed by atoms with Crippen molar-refractivity contribution in [1.29, 1.82) is 0 Å². The quantitative estimate of drug-likeness (QED) is 0.260. The molecule has 0 saturated carbocycles. The molecule has 0 aliphatic carbocycles. The molecular weight excluding hydrogens is 294 g/mol. The van der Waals surface area contributed by atoms with Crippen LogP contribution in [0.25, 0.3) is 0 Å². The fraction of sp³-hybridized carbons (Fsp3) is 0. The van der Waals surface area contributed by atoms with Gasteiger partial charge in [0.15, 0.2) is 0 Å². The molecule has 83 valence electrons. The average molecular weight is 295 g/mol. The summed E-state index contributed by atoms with van der Waals surface area (Å²) >= 11 is 0. The van der Waals surface area contributed by atoms with Crippen molar-refractivity contribution in [2.24, 2.45) is 0 Å². The molecular formula is C6HCl2MnO6-. The van der Waals surface area contributed by atoms with Crippen molar-refractivity contribution in [2.45, 2.75) is 0 Å². The van der Waals surface area contributed by atoms with E-state index in [0.717, 1.165) is 0 Å². The van der Waals surface area contributed by atoms with E-state index < -0.39 is 0 Å². The molecule has 0 unspecified atom stereocenters. The molecule has 0 spiro atoms. The number of halogens is 2. The van der Waals surface area contributed by atoms with Crippen LogP contribution >= 0.6 is 12.4 Å². The maximum absolute atomic E-state index is 7.50. The second-order valence-corrected chi connectivity index (χ2v) is 0. The zero-order chi connectivity index (χ0) is 12.0. The van der Waals surface area contributed by atoms with Gasteiger partial charge in [-0.05, 0) is 0 Å². The number of hydrogen-bond donors (Lipinski definition) is 0. The van der Waals surface area contributed by atoms with E-state index in [1.165, 1.54) is 0 Å². The molecule has 9 heteroatoms. The van der Waals surface area contributed by atoms with Gasteiger partial charge in [0.2, 0.25) is 0 Å². The van der Waals surface area contributed by atoms with E-state index in [9.17, 15) is 0 Å². The van der Waals surface area contributed by atoms with Gasteiger partial charge >= 0.3 is 67.8 Å². The maximum Gasteiger partial charge on any atom is 0 e. The van der Waals surface area contributed by atoms with Crippen LogP contribution in [0.1, 0.15) is 0 Å². The van der Waals surface area contributed by atoms with Crippen molar-refractivity contribution >= 4 is 12.4 Å². The standard InChI is InChI=1S/6CO.2ClH.Mn/c6*1-2;;;/h;;;;;;2*1H;/p-1. The second-order valence-electron chi connectivity index (χ2n) is 0. The summed E-state index contributed by atoms with van der Waals surface area (Å²) in [5, 5.41) is 0. The molecule has 0 saturated heterocycles. The summed E-state index contributed by atoms with van der Waals surface area (Å²) in [5.41, 5.74) is 0. The monoisotopic (exact) mass is 294 g/mol. The fourth-order valence-electron chi connectivity index (χ4n) is 0. The Labute approximate surface area is 110 Å². The molecule has 0 fully saturated rings. The molecule has 0 aliphatic rings. The van der Waals surface area contributed by atoms with E-state index >= 15 is 0 Å². The summed E-state index contributed by atoms with van der Waals surface area (Å²) in [6, 6.07) is 0. The summed E-state index contributed by atoms with van der Waals surface area (Å²) in [6.45, 7) is 27.0. The van der Waals surface area contributed by atoms with Gasteiger partial charge in [-0.15, -0.1) is 12.4 Å². The number of hydrogen-bond acceptors (Lipinski definition) is 0. The van der Waals surface area contributed by atoms with E-state index in [-0.39, 0.29) is 41.9 Å². The molecule has 0 aromatic carbocycles. The number of rotatable bonds is 0. The molecule has 6 nitrogen and oxygen atoms in total. The van der Waals surface area contributed by atoms with Crippen LogP contribution in [0, 0.1) is 39.9 Å². The smallest absolute Gasteiger partial charge is 0 e. The van der Waals surface area contributed by atoms with Crippen molar-refractivity contribution in [2.75, 3.05) is 0 Å². The van der Waals surface area contributed by atoms with Crippen LogP contribution in [-0.2, 0) is 45.0 Å². The molecule has 0 aliphatic heterocycles. The van der Waals surface area contributed by atoms with E-state index in [0.29, 0.717) is 0 Å². The maximum atomic E-state index is 7.50. The van der Waals surface area contributed by atoms with Crippen molar-refractivity contribution in [3.8, 4) is 0 Å². The normalized spacial score (nSPS) is 0.800. The van der Waals surface area contributed by atoms with Gasteiger partial charge in [0.25, 0.3) is 0 Å². The first-order valence-corrected chi connectivity index (χ1v) is 1.22. The molecule has 0 aromatic heterocycles. The Bertz CT molecular complexity index is 101. The minimum atomic E-state index is 0. The molecule has 1 radical (unpaired) electrons. The second kappa shape index (κ2) is 10000. The third kappa shape index (κ3) is 8500. The first-order chi connectivity index (χ1) is 6.00. The van der Waals surface area contributed by atoms with Crippen LogP contribution in [0.2, 0.25) is 0 Å². The van der Waals surface area contributed by atoms with Gasteiger partial charge in [-0.3, -0.25) is 0 Å². The molecule has 0 bridgehead atoms. The van der Waals surface area contributed by atoms with Gasteiger partial charge in [-0.2, -0.15) is 0 Å². The fourth-order valence-corrected chi connectivity index (χ4v) is 0. The SMILES string of the molecule is Cl.[C-]#[O+].[C-]#[O+].[C-]#[O+].[C-]#[O+].[C-]#[O+].[C-]#[O+].[Cl-].[Mn]. The molecule has 15 heavy (non-hydrogen) atoms. The van der Waals surface area contributed by atoms with Gasteiger partial charge in [-0.1, -0.05) is 0 Å². The summed E-state index contributed by atoms with van der Waals surface area (Å²) in [4.78, 5) is 0. The Morgan fingerprint density at radius 1 is 0.400 bits per heavy atom.